The third-order valence-corrected chi connectivity index (χ3v) is 6.99. The molecule has 0 aromatic heterocycles. The van der Waals surface area contributed by atoms with E-state index >= 15 is 0 Å². The van der Waals surface area contributed by atoms with E-state index in [4.69, 9.17) is 4.74 Å². The number of unbranched alkanes of at least 4 members (excludes halogenated alkanes) is 1. The van der Waals surface area contributed by atoms with Crippen LogP contribution >= 0.6 is 0 Å². The first-order chi connectivity index (χ1) is 15.3. The number of hydrogen-bond acceptors (Lipinski definition) is 3. The van der Waals surface area contributed by atoms with Crippen LogP contribution in [0.3, 0.4) is 0 Å². The summed E-state index contributed by atoms with van der Waals surface area (Å²) in [4.78, 5) is 5.12. The molecule has 3 nitrogen and oxygen atoms in total. The van der Waals surface area contributed by atoms with Gasteiger partial charge in [0.15, 0.2) is 0 Å². The molecule has 1 aliphatic carbocycles. The molecule has 3 heteroatoms. The van der Waals surface area contributed by atoms with Crippen LogP contribution in [-0.4, -0.2) is 44.7 Å². The van der Waals surface area contributed by atoms with Gasteiger partial charge in [0.05, 0.1) is 7.11 Å². The zero-order valence-electron chi connectivity index (χ0n) is 18.5. The Morgan fingerprint density at radius 1 is 0.742 bits per heavy atom. The van der Waals surface area contributed by atoms with E-state index < -0.39 is 0 Å². The second-order valence-electron chi connectivity index (χ2n) is 8.75. The third-order valence-electron chi connectivity index (χ3n) is 6.99. The first kappa shape index (κ1) is 20.1. The summed E-state index contributed by atoms with van der Waals surface area (Å²) in [6.45, 7) is 5.74. The Labute approximate surface area is 186 Å². The van der Waals surface area contributed by atoms with Gasteiger partial charge in [0, 0.05) is 37.8 Å². The van der Waals surface area contributed by atoms with Crippen LogP contribution in [0.15, 0.2) is 72.8 Å². The first-order valence-electron chi connectivity index (χ1n) is 11.6. The van der Waals surface area contributed by atoms with Gasteiger partial charge in [-0.25, -0.2) is 0 Å². The van der Waals surface area contributed by atoms with Gasteiger partial charge in [0.1, 0.15) is 5.75 Å². The minimum atomic E-state index is 0.569. The summed E-state index contributed by atoms with van der Waals surface area (Å²) in [5.41, 5.74) is 7.24. The standard InChI is InChI=1S/C28H32N2O/c1-31-23-15-13-22(14-16-23)30-20-18-29(19-21-30)17-7-6-12-28-26-10-4-2-8-24(26)25-9-3-5-11-27(25)28/h2-5,8-11,13-16,28H,6-7,12,17-21H2,1H3. The molecular formula is C28H32N2O. The lowest BCUT2D eigenvalue weighted by molar-refractivity contribution is 0.252. The monoisotopic (exact) mass is 412 g/mol. The maximum Gasteiger partial charge on any atom is 0.119 e. The molecule has 0 saturated carbocycles. The van der Waals surface area contributed by atoms with Gasteiger partial charge in [-0.1, -0.05) is 55.0 Å². The zero-order chi connectivity index (χ0) is 21.0. The number of nitrogens with zero attached hydrogens (tertiary/aromatic N) is 2. The van der Waals surface area contributed by atoms with Crippen molar-refractivity contribution in [1.29, 1.82) is 0 Å². The van der Waals surface area contributed by atoms with Gasteiger partial charge >= 0.3 is 0 Å². The summed E-state index contributed by atoms with van der Waals surface area (Å²) in [5.74, 6) is 1.49. The molecule has 0 spiro atoms. The van der Waals surface area contributed by atoms with E-state index in [1.807, 2.05) is 0 Å². The maximum atomic E-state index is 5.28. The maximum absolute atomic E-state index is 5.28. The van der Waals surface area contributed by atoms with Gasteiger partial charge in [-0.15, -0.1) is 0 Å². The van der Waals surface area contributed by atoms with Gasteiger partial charge in [0.25, 0.3) is 0 Å². The van der Waals surface area contributed by atoms with E-state index in [9.17, 15) is 0 Å². The van der Waals surface area contributed by atoms with Crippen LogP contribution < -0.4 is 9.64 Å². The molecular weight excluding hydrogens is 380 g/mol. The predicted octanol–water partition coefficient (Wildman–Crippen LogP) is 5.80. The number of rotatable bonds is 7. The molecule has 0 bridgehead atoms. The molecule has 0 radical (unpaired) electrons. The molecule has 0 unspecified atom stereocenters. The van der Waals surface area contributed by atoms with Crippen LogP contribution in [0.1, 0.15) is 36.3 Å². The molecule has 0 N–H and O–H groups in total. The number of hydrogen-bond donors (Lipinski definition) is 0. The normalized spacial score (nSPS) is 16.2. The molecule has 1 fully saturated rings. The Balaban J connectivity index is 1.10. The van der Waals surface area contributed by atoms with E-state index in [1.54, 1.807) is 7.11 Å². The third kappa shape index (κ3) is 4.20. The minimum Gasteiger partial charge on any atom is -0.497 e. The summed E-state index contributed by atoms with van der Waals surface area (Å²) >= 11 is 0. The van der Waals surface area contributed by atoms with Crippen molar-refractivity contribution in [2.45, 2.75) is 25.2 Å². The molecule has 0 amide bonds. The molecule has 5 rings (SSSR count). The van der Waals surface area contributed by atoms with Gasteiger partial charge in [0.2, 0.25) is 0 Å². The Bertz CT molecular complexity index is 960. The Kier molecular flexibility index (Phi) is 5.95. The molecule has 2 aliphatic rings. The largest absolute Gasteiger partial charge is 0.497 e. The van der Waals surface area contributed by atoms with E-state index in [-0.39, 0.29) is 0 Å². The summed E-state index contributed by atoms with van der Waals surface area (Å²) < 4.78 is 5.28. The van der Waals surface area contributed by atoms with Gasteiger partial charge < -0.3 is 9.64 Å². The highest BCUT2D eigenvalue weighted by molar-refractivity contribution is 5.78. The van der Waals surface area contributed by atoms with Crippen LogP contribution in [0.25, 0.3) is 11.1 Å². The molecule has 1 heterocycles. The highest BCUT2D eigenvalue weighted by Crippen LogP contribution is 2.46. The second-order valence-corrected chi connectivity index (χ2v) is 8.75. The second kappa shape index (κ2) is 9.15. The van der Waals surface area contributed by atoms with Crippen molar-refractivity contribution in [1.82, 2.24) is 4.90 Å². The number of fused-ring (bicyclic) bond motifs is 3. The Morgan fingerprint density at radius 2 is 1.35 bits per heavy atom. The minimum absolute atomic E-state index is 0.569. The van der Waals surface area contributed by atoms with Gasteiger partial charge in [-0.2, -0.15) is 0 Å². The number of piperazine rings is 1. The Hall–Kier alpha value is -2.78. The number of methoxy groups -OCH3 is 1. The Morgan fingerprint density at radius 3 is 1.97 bits per heavy atom. The van der Waals surface area contributed by atoms with Crippen molar-refractivity contribution in [2.24, 2.45) is 0 Å². The van der Waals surface area contributed by atoms with E-state index in [2.05, 4.69) is 82.6 Å². The summed E-state index contributed by atoms with van der Waals surface area (Å²) in [5, 5.41) is 0. The van der Waals surface area contributed by atoms with Crippen molar-refractivity contribution in [3.63, 3.8) is 0 Å². The van der Waals surface area contributed by atoms with Crippen molar-refractivity contribution in [2.75, 3.05) is 44.7 Å². The van der Waals surface area contributed by atoms with Crippen molar-refractivity contribution >= 4 is 5.69 Å². The average molecular weight is 413 g/mol. The van der Waals surface area contributed by atoms with Crippen molar-refractivity contribution in [3.05, 3.63) is 83.9 Å². The summed E-state index contributed by atoms with van der Waals surface area (Å²) in [6, 6.07) is 26.4. The molecule has 1 aliphatic heterocycles. The SMILES string of the molecule is COc1ccc(N2CCN(CCCCC3c4ccccc4-c4ccccc43)CC2)cc1. The van der Waals surface area contributed by atoms with Crippen LogP contribution in [-0.2, 0) is 0 Å². The zero-order valence-corrected chi connectivity index (χ0v) is 18.5. The van der Waals surface area contributed by atoms with Crippen molar-refractivity contribution in [3.8, 4) is 16.9 Å². The molecule has 3 aromatic carbocycles. The van der Waals surface area contributed by atoms with Crippen LogP contribution in [0.2, 0.25) is 0 Å². The fraction of sp³-hybridized carbons (Fsp3) is 0.357. The number of benzene rings is 3. The average Bonchev–Trinajstić information content (AvgIpc) is 3.16. The van der Waals surface area contributed by atoms with E-state index in [0.717, 1.165) is 31.9 Å². The lowest BCUT2D eigenvalue weighted by atomic mass is 9.91. The quantitative estimate of drug-likeness (QED) is 0.456. The lowest BCUT2D eigenvalue weighted by Crippen LogP contribution is -2.46. The molecule has 1 saturated heterocycles. The topological polar surface area (TPSA) is 15.7 Å². The van der Waals surface area contributed by atoms with Crippen molar-refractivity contribution < 1.29 is 4.74 Å². The van der Waals surface area contributed by atoms with Crippen LogP contribution in [0.5, 0.6) is 5.75 Å². The highest BCUT2D eigenvalue weighted by Gasteiger charge is 2.27. The van der Waals surface area contributed by atoms with Crippen LogP contribution in [0, 0.1) is 0 Å². The van der Waals surface area contributed by atoms with Crippen LogP contribution in [0.4, 0.5) is 5.69 Å². The lowest BCUT2D eigenvalue weighted by Gasteiger charge is -2.36. The molecule has 31 heavy (non-hydrogen) atoms. The fourth-order valence-electron chi connectivity index (χ4n) is 5.28. The smallest absolute Gasteiger partial charge is 0.119 e. The number of ether oxygens (including phenoxy) is 1. The molecule has 0 atom stereocenters. The van der Waals surface area contributed by atoms with E-state index in [0.29, 0.717) is 5.92 Å². The van der Waals surface area contributed by atoms with E-state index in [1.165, 1.54) is 53.7 Å². The molecule has 3 aromatic rings. The predicted molar refractivity (Wildman–Crippen MR) is 129 cm³/mol. The summed E-state index contributed by atoms with van der Waals surface area (Å²) in [7, 11) is 1.72. The highest BCUT2D eigenvalue weighted by atomic mass is 16.5. The summed E-state index contributed by atoms with van der Waals surface area (Å²) in [6.07, 6.45) is 3.81. The fourth-order valence-corrected chi connectivity index (χ4v) is 5.28. The molecule has 160 valence electrons. The van der Waals surface area contributed by atoms with Gasteiger partial charge in [-0.05, 0) is 65.9 Å². The number of anilines is 1. The van der Waals surface area contributed by atoms with Gasteiger partial charge in [-0.3, -0.25) is 4.90 Å². The first-order valence-corrected chi connectivity index (χ1v) is 11.6.